The summed E-state index contributed by atoms with van der Waals surface area (Å²) in [6, 6.07) is 4.28. The molecular formula is C11H11FN2O2. The second-order valence-corrected chi connectivity index (χ2v) is 3.73. The number of nitrogens with two attached hydrogens (primary N) is 1. The van der Waals surface area contributed by atoms with E-state index in [4.69, 9.17) is 5.73 Å². The van der Waals surface area contributed by atoms with E-state index >= 15 is 0 Å². The fourth-order valence-corrected chi connectivity index (χ4v) is 1.65. The van der Waals surface area contributed by atoms with Crippen molar-refractivity contribution in [2.75, 3.05) is 5.73 Å². The van der Waals surface area contributed by atoms with Crippen molar-refractivity contribution in [3.63, 3.8) is 0 Å². The van der Waals surface area contributed by atoms with Crippen molar-refractivity contribution in [2.24, 2.45) is 0 Å². The zero-order valence-electron chi connectivity index (χ0n) is 8.57. The van der Waals surface area contributed by atoms with E-state index in [1.54, 1.807) is 6.07 Å². The summed E-state index contributed by atoms with van der Waals surface area (Å²) in [5.74, 6) is -0.943. The van der Waals surface area contributed by atoms with E-state index in [-0.39, 0.29) is 36.9 Å². The number of anilines is 1. The summed E-state index contributed by atoms with van der Waals surface area (Å²) < 4.78 is 13.1. The molecule has 0 bridgehead atoms. The smallest absolute Gasteiger partial charge is 0.229 e. The lowest BCUT2D eigenvalue weighted by Crippen LogP contribution is -2.28. The van der Waals surface area contributed by atoms with Crippen LogP contribution in [-0.4, -0.2) is 16.7 Å². The SMILES string of the molecule is Nc1ccc(CN2C(=O)CCC2=O)cc1F. The molecule has 0 atom stereocenters. The Balaban J connectivity index is 2.17. The van der Waals surface area contributed by atoms with E-state index in [0.29, 0.717) is 5.56 Å². The van der Waals surface area contributed by atoms with Gasteiger partial charge >= 0.3 is 0 Å². The fourth-order valence-electron chi connectivity index (χ4n) is 1.65. The molecule has 0 unspecified atom stereocenters. The van der Waals surface area contributed by atoms with E-state index in [2.05, 4.69) is 0 Å². The van der Waals surface area contributed by atoms with Gasteiger partial charge in [-0.1, -0.05) is 6.07 Å². The average molecular weight is 222 g/mol. The van der Waals surface area contributed by atoms with Gasteiger partial charge in [0.15, 0.2) is 0 Å². The number of carbonyl (C=O) groups is 2. The maximum atomic E-state index is 13.1. The maximum absolute atomic E-state index is 13.1. The third kappa shape index (κ3) is 1.88. The zero-order chi connectivity index (χ0) is 11.7. The third-order valence-electron chi connectivity index (χ3n) is 2.56. The highest BCUT2D eigenvalue weighted by Gasteiger charge is 2.28. The Bertz CT molecular complexity index is 443. The molecule has 1 fully saturated rings. The number of benzene rings is 1. The van der Waals surface area contributed by atoms with Crippen LogP contribution in [0.1, 0.15) is 18.4 Å². The molecule has 5 heteroatoms. The zero-order valence-corrected chi connectivity index (χ0v) is 8.57. The summed E-state index contributed by atoms with van der Waals surface area (Å²) in [7, 11) is 0. The van der Waals surface area contributed by atoms with Gasteiger partial charge in [-0.15, -0.1) is 0 Å². The van der Waals surface area contributed by atoms with Crippen molar-refractivity contribution in [2.45, 2.75) is 19.4 Å². The third-order valence-corrected chi connectivity index (χ3v) is 2.56. The molecule has 0 aliphatic carbocycles. The van der Waals surface area contributed by atoms with E-state index in [1.165, 1.54) is 12.1 Å². The minimum absolute atomic E-state index is 0.0582. The van der Waals surface area contributed by atoms with Crippen molar-refractivity contribution in [1.82, 2.24) is 4.90 Å². The lowest BCUT2D eigenvalue weighted by atomic mass is 10.2. The number of amides is 2. The molecule has 1 aromatic carbocycles. The first-order valence-corrected chi connectivity index (χ1v) is 4.95. The van der Waals surface area contributed by atoms with Crippen LogP contribution in [-0.2, 0) is 16.1 Å². The van der Waals surface area contributed by atoms with Crippen LogP contribution in [0.15, 0.2) is 18.2 Å². The Morgan fingerprint density at radius 2 is 1.88 bits per heavy atom. The highest BCUT2D eigenvalue weighted by molar-refractivity contribution is 6.01. The van der Waals surface area contributed by atoms with Crippen LogP contribution >= 0.6 is 0 Å². The Labute approximate surface area is 91.8 Å². The predicted octanol–water partition coefficient (Wildman–Crippen LogP) is 1.06. The summed E-state index contributed by atoms with van der Waals surface area (Å²) in [5.41, 5.74) is 5.95. The molecule has 1 heterocycles. The number of nitrogens with zero attached hydrogens (tertiary/aromatic N) is 1. The number of halogens is 1. The van der Waals surface area contributed by atoms with E-state index in [0.717, 1.165) is 4.90 Å². The molecule has 1 saturated heterocycles. The van der Waals surface area contributed by atoms with Gasteiger partial charge in [-0.2, -0.15) is 0 Å². The Morgan fingerprint density at radius 3 is 2.44 bits per heavy atom. The molecule has 84 valence electrons. The quantitative estimate of drug-likeness (QED) is 0.601. The van der Waals surface area contributed by atoms with Gasteiger partial charge < -0.3 is 5.73 Å². The molecule has 0 aromatic heterocycles. The summed E-state index contributed by atoms with van der Waals surface area (Å²) in [6.07, 6.45) is 0.493. The van der Waals surface area contributed by atoms with Gasteiger partial charge in [-0.05, 0) is 17.7 Å². The number of likely N-dealkylation sites (tertiary alicyclic amines) is 1. The standard InChI is InChI=1S/C11H11FN2O2/c12-8-5-7(1-2-9(8)13)6-14-10(15)3-4-11(14)16/h1-2,5H,3-4,6,13H2. The van der Waals surface area contributed by atoms with Crippen LogP contribution in [0.5, 0.6) is 0 Å². The molecule has 16 heavy (non-hydrogen) atoms. The highest BCUT2D eigenvalue weighted by Crippen LogP contribution is 2.18. The van der Waals surface area contributed by atoms with Crippen LogP contribution in [0.25, 0.3) is 0 Å². The van der Waals surface area contributed by atoms with Crippen molar-refractivity contribution in [3.8, 4) is 0 Å². The minimum atomic E-state index is -0.531. The van der Waals surface area contributed by atoms with Gasteiger partial charge in [0.25, 0.3) is 0 Å². The summed E-state index contributed by atoms with van der Waals surface area (Å²) >= 11 is 0. The van der Waals surface area contributed by atoms with E-state index < -0.39 is 5.82 Å². The number of rotatable bonds is 2. The van der Waals surface area contributed by atoms with Crippen LogP contribution in [0.2, 0.25) is 0 Å². The van der Waals surface area contributed by atoms with Crippen LogP contribution in [0, 0.1) is 5.82 Å². The van der Waals surface area contributed by atoms with Crippen molar-refractivity contribution >= 4 is 17.5 Å². The average Bonchev–Trinajstić information content (AvgIpc) is 2.55. The predicted molar refractivity (Wildman–Crippen MR) is 55.6 cm³/mol. The van der Waals surface area contributed by atoms with Crippen molar-refractivity contribution < 1.29 is 14.0 Å². The molecule has 2 N–H and O–H groups in total. The number of nitrogen functional groups attached to an aromatic ring is 1. The topological polar surface area (TPSA) is 63.4 Å². The minimum Gasteiger partial charge on any atom is -0.396 e. The van der Waals surface area contributed by atoms with Gasteiger partial charge in [-0.3, -0.25) is 14.5 Å². The first-order chi connectivity index (χ1) is 7.58. The van der Waals surface area contributed by atoms with E-state index in [1.807, 2.05) is 0 Å². The first kappa shape index (κ1) is 10.6. The normalized spacial score (nSPS) is 15.9. The Morgan fingerprint density at radius 1 is 1.25 bits per heavy atom. The Hall–Kier alpha value is -1.91. The molecular weight excluding hydrogens is 211 g/mol. The van der Waals surface area contributed by atoms with Crippen LogP contribution in [0.4, 0.5) is 10.1 Å². The maximum Gasteiger partial charge on any atom is 0.229 e. The van der Waals surface area contributed by atoms with Gasteiger partial charge in [0.05, 0.1) is 12.2 Å². The van der Waals surface area contributed by atoms with Crippen LogP contribution < -0.4 is 5.73 Å². The molecule has 2 amide bonds. The van der Waals surface area contributed by atoms with Gasteiger partial charge in [0.1, 0.15) is 5.82 Å². The van der Waals surface area contributed by atoms with Crippen molar-refractivity contribution in [1.29, 1.82) is 0 Å². The lowest BCUT2D eigenvalue weighted by molar-refractivity contribution is -0.139. The fraction of sp³-hybridized carbons (Fsp3) is 0.273. The molecule has 2 rings (SSSR count). The summed E-state index contributed by atoms with van der Waals surface area (Å²) in [4.78, 5) is 23.8. The van der Waals surface area contributed by atoms with Crippen LogP contribution in [0.3, 0.4) is 0 Å². The first-order valence-electron chi connectivity index (χ1n) is 4.95. The molecule has 0 saturated carbocycles. The molecule has 1 aliphatic rings. The largest absolute Gasteiger partial charge is 0.396 e. The molecule has 1 aliphatic heterocycles. The van der Waals surface area contributed by atoms with Crippen molar-refractivity contribution in [3.05, 3.63) is 29.6 Å². The molecule has 0 radical (unpaired) electrons. The monoisotopic (exact) mass is 222 g/mol. The summed E-state index contributed by atoms with van der Waals surface area (Å²) in [5, 5.41) is 0. The highest BCUT2D eigenvalue weighted by atomic mass is 19.1. The second-order valence-electron chi connectivity index (χ2n) is 3.73. The second kappa shape index (κ2) is 3.92. The number of imide groups is 1. The van der Waals surface area contributed by atoms with Gasteiger partial charge in [0.2, 0.25) is 11.8 Å². The lowest BCUT2D eigenvalue weighted by Gasteiger charge is -2.13. The number of carbonyl (C=O) groups excluding carboxylic acids is 2. The van der Waals surface area contributed by atoms with Gasteiger partial charge in [0, 0.05) is 12.8 Å². The summed E-state index contributed by atoms with van der Waals surface area (Å²) in [6.45, 7) is 0.120. The number of hydrogen-bond donors (Lipinski definition) is 1. The van der Waals surface area contributed by atoms with Gasteiger partial charge in [-0.25, -0.2) is 4.39 Å². The van der Waals surface area contributed by atoms with E-state index in [9.17, 15) is 14.0 Å². The molecule has 0 spiro atoms. The molecule has 1 aromatic rings. The molecule has 4 nitrogen and oxygen atoms in total. The number of hydrogen-bond acceptors (Lipinski definition) is 3. The Kier molecular flexibility index (Phi) is 2.60.